The van der Waals surface area contributed by atoms with Crippen molar-refractivity contribution >= 4 is 23.7 Å². The van der Waals surface area contributed by atoms with Gasteiger partial charge in [-0.1, -0.05) is 11.6 Å². The summed E-state index contributed by atoms with van der Waals surface area (Å²) in [6, 6.07) is 10.4. The van der Waals surface area contributed by atoms with Crippen molar-refractivity contribution in [1.29, 1.82) is 0 Å². The van der Waals surface area contributed by atoms with E-state index < -0.39 is 5.91 Å². The standard InChI is InChI=1S/C15H13ClN2O3/c16-8-2-10-20-13-6-4-12(5-7-13)11-17-18-15(19)14-3-1-9-21-14/h1-9,11H,10H2,(H,18,19)/b8-2+,17-11?. The number of nitrogens with zero attached hydrogens (tertiary/aromatic N) is 1. The van der Waals surface area contributed by atoms with Crippen LogP contribution in [0.5, 0.6) is 5.75 Å². The molecule has 0 aliphatic rings. The Morgan fingerprint density at radius 1 is 1.33 bits per heavy atom. The van der Waals surface area contributed by atoms with Crippen molar-refractivity contribution in [3.8, 4) is 5.75 Å². The summed E-state index contributed by atoms with van der Waals surface area (Å²) in [6.07, 6.45) is 4.65. The van der Waals surface area contributed by atoms with E-state index in [1.54, 1.807) is 30.3 Å². The topological polar surface area (TPSA) is 63.8 Å². The van der Waals surface area contributed by atoms with Gasteiger partial charge in [-0.05, 0) is 48.0 Å². The molecule has 1 aromatic heterocycles. The number of nitrogens with one attached hydrogen (secondary N) is 1. The molecule has 0 saturated heterocycles. The van der Waals surface area contributed by atoms with E-state index in [0.717, 1.165) is 11.3 Å². The average Bonchev–Trinajstić information content (AvgIpc) is 3.03. The first-order valence-electron chi connectivity index (χ1n) is 6.14. The number of hydrazone groups is 1. The maximum Gasteiger partial charge on any atom is 0.307 e. The molecule has 1 N–H and O–H groups in total. The molecule has 2 rings (SSSR count). The Bertz CT molecular complexity index is 619. The van der Waals surface area contributed by atoms with Gasteiger partial charge in [-0.15, -0.1) is 0 Å². The molecule has 108 valence electrons. The maximum atomic E-state index is 11.5. The fourth-order valence-corrected chi connectivity index (χ4v) is 1.53. The molecular formula is C15H13ClN2O3. The number of benzene rings is 1. The molecule has 0 spiro atoms. The second kappa shape index (κ2) is 7.91. The molecule has 0 saturated carbocycles. The van der Waals surface area contributed by atoms with E-state index in [1.807, 2.05) is 12.1 Å². The zero-order chi connectivity index (χ0) is 14.9. The third-order valence-corrected chi connectivity index (χ3v) is 2.62. The van der Waals surface area contributed by atoms with Gasteiger partial charge in [0.25, 0.3) is 0 Å². The van der Waals surface area contributed by atoms with Crippen LogP contribution in [0.1, 0.15) is 16.1 Å². The van der Waals surface area contributed by atoms with Crippen LogP contribution < -0.4 is 10.2 Å². The normalized spacial score (nSPS) is 11.1. The van der Waals surface area contributed by atoms with Gasteiger partial charge in [0, 0.05) is 5.54 Å². The summed E-state index contributed by atoms with van der Waals surface area (Å²) >= 11 is 5.39. The van der Waals surface area contributed by atoms with Gasteiger partial charge < -0.3 is 9.15 Å². The number of ether oxygens (including phenoxy) is 1. The Labute approximate surface area is 126 Å². The van der Waals surface area contributed by atoms with Gasteiger partial charge in [0.1, 0.15) is 12.4 Å². The summed E-state index contributed by atoms with van der Waals surface area (Å²) in [5.74, 6) is 0.536. The lowest BCUT2D eigenvalue weighted by Crippen LogP contribution is -2.16. The van der Waals surface area contributed by atoms with E-state index in [4.69, 9.17) is 20.8 Å². The summed E-state index contributed by atoms with van der Waals surface area (Å²) in [5.41, 5.74) is 4.61. The van der Waals surface area contributed by atoms with Gasteiger partial charge in [0.05, 0.1) is 12.5 Å². The van der Waals surface area contributed by atoms with E-state index in [-0.39, 0.29) is 5.76 Å². The van der Waals surface area contributed by atoms with Crippen molar-refractivity contribution in [2.75, 3.05) is 6.61 Å². The van der Waals surface area contributed by atoms with E-state index in [0.29, 0.717) is 6.61 Å². The van der Waals surface area contributed by atoms with Gasteiger partial charge in [0.2, 0.25) is 0 Å². The van der Waals surface area contributed by atoms with Crippen molar-refractivity contribution in [2.24, 2.45) is 5.10 Å². The molecule has 0 unspecified atom stereocenters. The van der Waals surface area contributed by atoms with Crippen molar-refractivity contribution < 1.29 is 13.9 Å². The predicted molar refractivity (Wildman–Crippen MR) is 80.7 cm³/mol. The number of carbonyl (C=O) groups is 1. The van der Waals surface area contributed by atoms with E-state index in [1.165, 1.54) is 18.0 Å². The predicted octanol–water partition coefficient (Wildman–Crippen LogP) is 3.17. The zero-order valence-electron chi connectivity index (χ0n) is 11.0. The van der Waals surface area contributed by atoms with E-state index in [9.17, 15) is 4.79 Å². The number of rotatable bonds is 6. The Hall–Kier alpha value is -2.53. The number of amides is 1. The van der Waals surface area contributed by atoms with Crippen LogP contribution in [0.15, 0.2) is 63.8 Å². The first-order valence-corrected chi connectivity index (χ1v) is 6.58. The number of hydrogen-bond donors (Lipinski definition) is 1. The van der Waals surface area contributed by atoms with Crippen LogP contribution in [0.25, 0.3) is 0 Å². The van der Waals surface area contributed by atoms with Crippen LogP contribution >= 0.6 is 11.6 Å². The van der Waals surface area contributed by atoms with Gasteiger partial charge in [-0.3, -0.25) is 4.79 Å². The smallest absolute Gasteiger partial charge is 0.307 e. The molecule has 0 aliphatic carbocycles. The van der Waals surface area contributed by atoms with Crippen LogP contribution in [0, 0.1) is 0 Å². The molecule has 0 aliphatic heterocycles. The molecule has 1 heterocycles. The zero-order valence-corrected chi connectivity index (χ0v) is 11.8. The van der Waals surface area contributed by atoms with Crippen LogP contribution in [-0.2, 0) is 0 Å². The van der Waals surface area contributed by atoms with Gasteiger partial charge >= 0.3 is 5.91 Å². The second-order valence-corrected chi connectivity index (χ2v) is 4.17. The minimum absolute atomic E-state index is 0.211. The van der Waals surface area contributed by atoms with Crippen molar-refractivity contribution in [3.63, 3.8) is 0 Å². The Morgan fingerprint density at radius 2 is 2.14 bits per heavy atom. The fraction of sp³-hybridized carbons (Fsp3) is 0.0667. The Kier molecular flexibility index (Phi) is 5.60. The number of carbonyl (C=O) groups excluding carboxylic acids is 1. The Balaban J connectivity index is 1.85. The maximum absolute atomic E-state index is 11.5. The minimum Gasteiger partial charge on any atom is -0.490 e. The second-order valence-electron chi connectivity index (χ2n) is 3.92. The largest absolute Gasteiger partial charge is 0.490 e. The number of furan rings is 1. The van der Waals surface area contributed by atoms with Crippen LogP contribution in [0.2, 0.25) is 0 Å². The molecule has 1 amide bonds. The number of halogens is 1. The van der Waals surface area contributed by atoms with Crippen molar-refractivity contribution in [1.82, 2.24) is 5.43 Å². The lowest BCUT2D eigenvalue weighted by molar-refractivity contribution is 0.0927. The third kappa shape index (κ3) is 4.81. The monoisotopic (exact) mass is 304 g/mol. The average molecular weight is 305 g/mol. The minimum atomic E-state index is -0.399. The SMILES string of the molecule is O=C(NN=Cc1ccc(OC/C=C/Cl)cc1)c1ccco1. The Morgan fingerprint density at radius 3 is 2.81 bits per heavy atom. The summed E-state index contributed by atoms with van der Waals surface area (Å²) in [7, 11) is 0. The van der Waals surface area contributed by atoms with Crippen molar-refractivity contribution in [2.45, 2.75) is 0 Å². The van der Waals surface area contributed by atoms with Crippen LogP contribution in [-0.4, -0.2) is 18.7 Å². The molecule has 0 fully saturated rings. The van der Waals surface area contributed by atoms with Crippen LogP contribution in [0.3, 0.4) is 0 Å². The van der Waals surface area contributed by atoms with Crippen molar-refractivity contribution in [3.05, 3.63) is 65.6 Å². The molecule has 0 atom stereocenters. The van der Waals surface area contributed by atoms with Crippen LogP contribution in [0.4, 0.5) is 0 Å². The summed E-state index contributed by atoms with van der Waals surface area (Å²) in [6.45, 7) is 0.413. The molecule has 2 aromatic rings. The molecule has 0 bridgehead atoms. The summed E-state index contributed by atoms with van der Waals surface area (Å²) < 4.78 is 10.3. The lowest BCUT2D eigenvalue weighted by atomic mass is 10.2. The summed E-state index contributed by atoms with van der Waals surface area (Å²) in [5, 5.41) is 3.85. The van der Waals surface area contributed by atoms with E-state index >= 15 is 0 Å². The lowest BCUT2D eigenvalue weighted by Gasteiger charge is -2.02. The molecule has 6 heteroatoms. The molecule has 5 nitrogen and oxygen atoms in total. The highest BCUT2D eigenvalue weighted by Crippen LogP contribution is 2.11. The molecule has 0 radical (unpaired) electrons. The number of hydrogen-bond acceptors (Lipinski definition) is 4. The quantitative estimate of drug-likeness (QED) is 0.658. The highest BCUT2D eigenvalue weighted by atomic mass is 35.5. The highest BCUT2D eigenvalue weighted by molar-refractivity contribution is 6.25. The highest BCUT2D eigenvalue weighted by Gasteiger charge is 2.05. The molecule has 1 aromatic carbocycles. The van der Waals surface area contributed by atoms with Gasteiger partial charge in [-0.2, -0.15) is 5.10 Å². The first kappa shape index (κ1) is 14.9. The fourth-order valence-electron chi connectivity index (χ4n) is 1.46. The molecular weight excluding hydrogens is 292 g/mol. The molecule has 21 heavy (non-hydrogen) atoms. The third-order valence-electron chi connectivity index (χ3n) is 2.44. The van der Waals surface area contributed by atoms with Gasteiger partial charge in [0.15, 0.2) is 5.76 Å². The first-order chi connectivity index (χ1) is 10.3. The van der Waals surface area contributed by atoms with Gasteiger partial charge in [-0.25, -0.2) is 5.43 Å². The summed E-state index contributed by atoms with van der Waals surface area (Å²) in [4.78, 5) is 11.5. The van der Waals surface area contributed by atoms with E-state index in [2.05, 4.69) is 10.5 Å².